The van der Waals surface area contributed by atoms with Gasteiger partial charge in [-0.25, -0.2) is 4.79 Å². The predicted octanol–water partition coefficient (Wildman–Crippen LogP) is 4.33. The lowest BCUT2D eigenvalue weighted by atomic mass is 9.81. The van der Waals surface area contributed by atoms with Gasteiger partial charge in [0, 0.05) is 22.6 Å². The number of carbonyl (C=O) groups is 3. The second kappa shape index (κ2) is 8.68. The summed E-state index contributed by atoms with van der Waals surface area (Å²) < 4.78 is 4.97. The molecule has 5 heteroatoms. The molecule has 0 radical (unpaired) electrons. The van der Waals surface area contributed by atoms with Gasteiger partial charge in [0.1, 0.15) is 11.5 Å². The first-order valence-corrected chi connectivity index (χ1v) is 10.4. The van der Waals surface area contributed by atoms with Crippen molar-refractivity contribution in [2.45, 2.75) is 13.3 Å². The van der Waals surface area contributed by atoms with E-state index < -0.39 is 11.9 Å². The highest BCUT2D eigenvalue weighted by atomic mass is 16.5. The van der Waals surface area contributed by atoms with Crippen LogP contribution in [0.1, 0.15) is 40.4 Å². The number of allylic oxidation sites excluding steroid dienone is 2. The number of ether oxygens (including phenoxy) is 1. The molecule has 3 aliphatic rings. The van der Waals surface area contributed by atoms with Gasteiger partial charge in [-0.05, 0) is 55.5 Å². The molecule has 5 rings (SSSR count). The van der Waals surface area contributed by atoms with Crippen LogP contribution in [0.4, 0.5) is 0 Å². The fourth-order valence-corrected chi connectivity index (χ4v) is 4.63. The zero-order valence-corrected chi connectivity index (χ0v) is 17.6. The van der Waals surface area contributed by atoms with Crippen LogP contribution in [0.25, 0.3) is 5.76 Å². The SMILES string of the molecule is C=C1OC(=O)c2cc(C#Cc3ccccc3)ccc21.CC(=O)C1C2C=CC(C2)C1C(=O)O. The molecule has 0 saturated heterocycles. The van der Waals surface area contributed by atoms with E-state index in [2.05, 4.69) is 18.4 Å². The number of Topliss-reactive ketones (excluding diaryl/α,β-unsaturated/α-hetero) is 1. The Morgan fingerprint density at radius 1 is 0.969 bits per heavy atom. The second-order valence-electron chi connectivity index (χ2n) is 8.14. The van der Waals surface area contributed by atoms with Crippen LogP contribution < -0.4 is 0 Å². The van der Waals surface area contributed by atoms with Crippen LogP contribution in [0, 0.1) is 35.5 Å². The van der Waals surface area contributed by atoms with Crippen LogP contribution in [-0.4, -0.2) is 22.8 Å². The number of aliphatic carboxylic acids is 1. The lowest BCUT2D eigenvalue weighted by molar-refractivity contribution is -0.147. The quantitative estimate of drug-likeness (QED) is 0.439. The molecule has 1 N–H and O–H groups in total. The van der Waals surface area contributed by atoms with E-state index in [1.165, 1.54) is 6.92 Å². The summed E-state index contributed by atoms with van der Waals surface area (Å²) in [7, 11) is 0. The van der Waals surface area contributed by atoms with Gasteiger partial charge in [0.05, 0.1) is 11.5 Å². The number of carbonyl (C=O) groups excluding carboxylic acids is 2. The van der Waals surface area contributed by atoms with Gasteiger partial charge in [0.25, 0.3) is 0 Å². The van der Waals surface area contributed by atoms with Crippen LogP contribution >= 0.6 is 0 Å². The number of hydrogen-bond acceptors (Lipinski definition) is 4. The molecule has 2 aromatic carbocycles. The minimum Gasteiger partial charge on any atom is -0.481 e. The van der Waals surface area contributed by atoms with Gasteiger partial charge in [-0.1, -0.05) is 48.8 Å². The summed E-state index contributed by atoms with van der Waals surface area (Å²) in [6.45, 7) is 5.19. The van der Waals surface area contributed by atoms with Crippen LogP contribution in [0.5, 0.6) is 0 Å². The first-order chi connectivity index (χ1) is 15.3. The largest absolute Gasteiger partial charge is 0.481 e. The van der Waals surface area contributed by atoms with Crippen molar-refractivity contribution in [3.63, 3.8) is 0 Å². The number of carboxylic acids is 1. The number of cyclic esters (lactones) is 1. The maximum atomic E-state index is 11.6. The molecule has 1 saturated carbocycles. The summed E-state index contributed by atoms with van der Waals surface area (Å²) in [6.07, 6.45) is 4.79. The molecule has 0 aromatic heterocycles. The number of ketones is 1. The van der Waals surface area contributed by atoms with Crippen molar-refractivity contribution in [2.75, 3.05) is 0 Å². The molecule has 0 amide bonds. The number of carboxylic acid groups (broad SMARTS) is 1. The van der Waals surface area contributed by atoms with E-state index >= 15 is 0 Å². The first kappa shape index (κ1) is 21.3. The topological polar surface area (TPSA) is 80.7 Å². The number of rotatable bonds is 2. The second-order valence-corrected chi connectivity index (χ2v) is 8.14. The molecule has 5 nitrogen and oxygen atoms in total. The lowest BCUT2D eigenvalue weighted by Gasteiger charge is -2.21. The summed E-state index contributed by atoms with van der Waals surface area (Å²) in [5.41, 5.74) is 3.00. The van der Waals surface area contributed by atoms with E-state index in [1.54, 1.807) is 6.07 Å². The van der Waals surface area contributed by atoms with Crippen molar-refractivity contribution in [3.8, 4) is 11.8 Å². The van der Waals surface area contributed by atoms with Gasteiger partial charge in [0.15, 0.2) is 0 Å². The fraction of sp³-hybridized carbons (Fsp3) is 0.222. The van der Waals surface area contributed by atoms with Crippen molar-refractivity contribution >= 4 is 23.5 Å². The Morgan fingerprint density at radius 3 is 2.25 bits per heavy atom. The smallest absolute Gasteiger partial charge is 0.344 e. The molecule has 2 bridgehead atoms. The highest BCUT2D eigenvalue weighted by Gasteiger charge is 2.50. The molecule has 1 heterocycles. The Bertz CT molecular complexity index is 1170. The van der Waals surface area contributed by atoms with Crippen LogP contribution in [0.2, 0.25) is 0 Å². The van der Waals surface area contributed by atoms with Gasteiger partial charge in [0.2, 0.25) is 0 Å². The number of hydrogen-bond donors (Lipinski definition) is 1. The zero-order chi connectivity index (χ0) is 22.8. The minimum atomic E-state index is -0.822. The van der Waals surface area contributed by atoms with Gasteiger partial charge >= 0.3 is 11.9 Å². The lowest BCUT2D eigenvalue weighted by Crippen LogP contribution is -2.31. The van der Waals surface area contributed by atoms with Crippen LogP contribution in [0.15, 0.2) is 67.3 Å². The summed E-state index contributed by atoms with van der Waals surface area (Å²) in [5.74, 6) is 4.88. The third kappa shape index (κ3) is 4.13. The third-order valence-electron chi connectivity index (χ3n) is 6.09. The van der Waals surface area contributed by atoms with E-state index in [4.69, 9.17) is 9.84 Å². The molecule has 160 valence electrons. The van der Waals surface area contributed by atoms with Crippen molar-refractivity contribution < 1.29 is 24.2 Å². The van der Waals surface area contributed by atoms with Crippen molar-refractivity contribution in [2.24, 2.45) is 23.7 Å². The van der Waals surface area contributed by atoms with Crippen molar-refractivity contribution in [1.82, 2.24) is 0 Å². The number of benzene rings is 2. The monoisotopic (exact) mass is 426 g/mol. The molecular formula is C27H22O5. The Balaban J connectivity index is 0.000000165. The minimum absolute atomic E-state index is 0.0178. The maximum Gasteiger partial charge on any atom is 0.344 e. The molecule has 4 unspecified atom stereocenters. The van der Waals surface area contributed by atoms with Crippen molar-refractivity contribution in [1.29, 1.82) is 0 Å². The van der Waals surface area contributed by atoms with Gasteiger partial charge in [-0.3, -0.25) is 9.59 Å². The first-order valence-electron chi connectivity index (χ1n) is 10.4. The molecule has 4 atom stereocenters. The van der Waals surface area contributed by atoms with Crippen LogP contribution in [-0.2, 0) is 14.3 Å². The van der Waals surface area contributed by atoms with E-state index in [0.29, 0.717) is 11.3 Å². The third-order valence-corrected chi connectivity index (χ3v) is 6.09. The van der Waals surface area contributed by atoms with Crippen LogP contribution in [0.3, 0.4) is 0 Å². The Kier molecular flexibility index (Phi) is 5.79. The maximum absolute atomic E-state index is 11.6. The Morgan fingerprint density at radius 2 is 1.62 bits per heavy atom. The van der Waals surface area contributed by atoms with E-state index in [1.807, 2.05) is 54.6 Å². The summed E-state index contributed by atoms with van der Waals surface area (Å²) in [5, 5.41) is 8.97. The molecule has 2 aliphatic carbocycles. The molecule has 1 fully saturated rings. The molecule has 32 heavy (non-hydrogen) atoms. The standard InChI is InChI=1S/C17H10O2.C10H12O3/c1-12-15-10-9-14(11-16(15)17(18)19-12)8-7-13-5-3-2-4-6-13;1-5(11)8-6-2-3-7(4-6)9(8)10(12)13/h2-6,9-11H,1H2;2-3,6-9H,4H2,1H3,(H,12,13). The van der Waals surface area contributed by atoms with Crippen molar-refractivity contribution in [3.05, 3.63) is 89.5 Å². The normalized spacial score (nSPS) is 24.0. The fourth-order valence-electron chi connectivity index (χ4n) is 4.63. The molecule has 1 aliphatic heterocycles. The zero-order valence-electron chi connectivity index (χ0n) is 17.6. The predicted molar refractivity (Wildman–Crippen MR) is 119 cm³/mol. The average molecular weight is 426 g/mol. The van der Waals surface area contributed by atoms with E-state index in [-0.39, 0.29) is 29.5 Å². The molecule has 0 spiro atoms. The average Bonchev–Trinajstić information content (AvgIpc) is 3.47. The van der Waals surface area contributed by atoms with Gasteiger partial charge in [-0.2, -0.15) is 0 Å². The number of fused-ring (bicyclic) bond motifs is 3. The molecular weight excluding hydrogens is 404 g/mol. The summed E-state index contributed by atoms with van der Waals surface area (Å²) >= 11 is 0. The molecule has 2 aromatic rings. The summed E-state index contributed by atoms with van der Waals surface area (Å²) in [6, 6.07) is 15.1. The number of esters is 1. The Labute approximate surface area is 186 Å². The summed E-state index contributed by atoms with van der Waals surface area (Å²) in [4.78, 5) is 33.7. The van der Waals surface area contributed by atoms with Gasteiger partial charge in [-0.15, -0.1) is 0 Å². The van der Waals surface area contributed by atoms with E-state index in [0.717, 1.165) is 23.1 Å². The highest BCUT2D eigenvalue weighted by Crippen LogP contribution is 2.48. The highest BCUT2D eigenvalue weighted by molar-refractivity contribution is 6.02. The van der Waals surface area contributed by atoms with E-state index in [9.17, 15) is 14.4 Å². The Hall–Kier alpha value is -3.91. The van der Waals surface area contributed by atoms with Gasteiger partial charge < -0.3 is 9.84 Å².